The molecule has 4 aromatic rings. The van der Waals surface area contributed by atoms with E-state index in [2.05, 4.69) is 16.7 Å². The first-order chi connectivity index (χ1) is 19.7. The SMILES string of the molecule is O/N=C1\C(=C/c2ccc(OCc3ccccc3)cc2)CCCC1C(NO)c1ccc(OCc2ccccc2)cc1. The van der Waals surface area contributed by atoms with Gasteiger partial charge in [-0.05, 0) is 77.4 Å². The summed E-state index contributed by atoms with van der Waals surface area (Å²) in [7, 11) is 0. The maximum Gasteiger partial charge on any atom is 0.119 e. The quantitative estimate of drug-likeness (QED) is 0.144. The minimum atomic E-state index is -0.425. The number of ether oxygens (including phenoxy) is 2. The Kier molecular flexibility index (Phi) is 9.25. The third kappa shape index (κ3) is 6.97. The van der Waals surface area contributed by atoms with Gasteiger partial charge in [-0.25, -0.2) is 0 Å². The van der Waals surface area contributed by atoms with Gasteiger partial charge < -0.3 is 19.9 Å². The molecule has 2 atom stereocenters. The fourth-order valence-electron chi connectivity index (χ4n) is 5.14. The molecule has 0 spiro atoms. The van der Waals surface area contributed by atoms with Gasteiger partial charge in [-0.1, -0.05) is 90.1 Å². The van der Waals surface area contributed by atoms with Gasteiger partial charge in [0.2, 0.25) is 0 Å². The number of hydroxylamine groups is 1. The second-order valence-electron chi connectivity index (χ2n) is 9.95. The molecule has 0 amide bonds. The highest BCUT2D eigenvalue weighted by Gasteiger charge is 2.33. The van der Waals surface area contributed by atoms with Gasteiger partial charge in [-0.3, -0.25) is 0 Å². The number of hydrogen-bond acceptors (Lipinski definition) is 6. The summed E-state index contributed by atoms with van der Waals surface area (Å²) < 4.78 is 11.8. The van der Waals surface area contributed by atoms with Gasteiger partial charge in [0, 0.05) is 5.92 Å². The van der Waals surface area contributed by atoms with E-state index < -0.39 is 6.04 Å². The van der Waals surface area contributed by atoms with Crippen molar-refractivity contribution < 1.29 is 19.9 Å². The topological polar surface area (TPSA) is 83.3 Å². The highest BCUT2D eigenvalue weighted by atomic mass is 16.5. The molecule has 4 aromatic carbocycles. The van der Waals surface area contributed by atoms with Gasteiger partial charge in [-0.2, -0.15) is 5.48 Å². The first-order valence-corrected chi connectivity index (χ1v) is 13.6. The Hall–Kier alpha value is -4.39. The van der Waals surface area contributed by atoms with E-state index in [1.165, 1.54) is 0 Å². The molecular weight excluding hydrogens is 500 g/mol. The molecule has 6 heteroatoms. The lowest BCUT2D eigenvalue weighted by Crippen LogP contribution is -2.34. The molecule has 0 bridgehead atoms. The minimum Gasteiger partial charge on any atom is -0.489 e. The second-order valence-corrected chi connectivity index (χ2v) is 9.95. The summed E-state index contributed by atoms with van der Waals surface area (Å²) in [6, 6.07) is 35.2. The Bertz CT molecular complexity index is 1400. The number of oxime groups is 1. The molecule has 5 rings (SSSR count). The van der Waals surface area contributed by atoms with Crippen molar-refractivity contribution in [2.45, 2.75) is 38.5 Å². The zero-order valence-electron chi connectivity index (χ0n) is 22.3. The van der Waals surface area contributed by atoms with Crippen molar-refractivity contribution in [1.29, 1.82) is 0 Å². The molecular formula is C34H34N2O4. The van der Waals surface area contributed by atoms with E-state index in [1.807, 2.05) is 109 Å². The smallest absolute Gasteiger partial charge is 0.119 e. The summed E-state index contributed by atoms with van der Waals surface area (Å²) in [5.74, 6) is 1.35. The molecule has 1 fully saturated rings. The average molecular weight is 535 g/mol. The largest absolute Gasteiger partial charge is 0.489 e. The van der Waals surface area contributed by atoms with Gasteiger partial charge in [-0.15, -0.1) is 0 Å². The predicted molar refractivity (Wildman–Crippen MR) is 157 cm³/mol. The summed E-state index contributed by atoms with van der Waals surface area (Å²) in [6.45, 7) is 1.00. The van der Waals surface area contributed by atoms with E-state index in [1.54, 1.807) is 0 Å². The average Bonchev–Trinajstić information content (AvgIpc) is 3.02. The van der Waals surface area contributed by atoms with Crippen molar-refractivity contribution >= 4 is 11.8 Å². The fourth-order valence-corrected chi connectivity index (χ4v) is 5.14. The van der Waals surface area contributed by atoms with E-state index in [-0.39, 0.29) is 5.92 Å². The highest BCUT2D eigenvalue weighted by molar-refractivity contribution is 6.06. The molecule has 1 aliphatic rings. The molecule has 3 N–H and O–H groups in total. The molecule has 0 aromatic heterocycles. The summed E-state index contributed by atoms with van der Waals surface area (Å²) in [5.41, 5.74) is 8.12. The van der Waals surface area contributed by atoms with Crippen molar-refractivity contribution in [2.75, 3.05) is 0 Å². The van der Waals surface area contributed by atoms with Crippen LogP contribution in [0.5, 0.6) is 11.5 Å². The van der Waals surface area contributed by atoms with E-state index >= 15 is 0 Å². The molecule has 1 aliphatic carbocycles. The summed E-state index contributed by atoms with van der Waals surface area (Å²) >= 11 is 0. The van der Waals surface area contributed by atoms with Crippen LogP contribution < -0.4 is 15.0 Å². The van der Waals surface area contributed by atoms with Crippen LogP contribution in [-0.2, 0) is 13.2 Å². The Morgan fingerprint density at radius 1 is 0.775 bits per heavy atom. The lowest BCUT2D eigenvalue weighted by molar-refractivity contribution is 0.106. The first-order valence-electron chi connectivity index (χ1n) is 13.6. The minimum absolute atomic E-state index is 0.195. The monoisotopic (exact) mass is 534 g/mol. The van der Waals surface area contributed by atoms with Crippen LogP contribution in [0.2, 0.25) is 0 Å². The first kappa shape index (κ1) is 27.2. The van der Waals surface area contributed by atoms with Crippen LogP contribution in [0.4, 0.5) is 0 Å². The van der Waals surface area contributed by atoms with Crippen LogP contribution >= 0.6 is 0 Å². The van der Waals surface area contributed by atoms with Crippen LogP contribution in [-0.4, -0.2) is 16.1 Å². The van der Waals surface area contributed by atoms with Crippen molar-refractivity contribution in [3.8, 4) is 11.5 Å². The van der Waals surface area contributed by atoms with E-state index in [4.69, 9.17) is 9.47 Å². The molecule has 204 valence electrons. The van der Waals surface area contributed by atoms with Gasteiger partial charge in [0.05, 0.1) is 11.8 Å². The molecule has 1 saturated carbocycles. The van der Waals surface area contributed by atoms with E-state index in [0.29, 0.717) is 18.9 Å². The Balaban J connectivity index is 1.25. The fraction of sp³-hybridized carbons (Fsp3) is 0.206. The van der Waals surface area contributed by atoms with Gasteiger partial charge >= 0.3 is 0 Å². The van der Waals surface area contributed by atoms with Crippen LogP contribution in [0.3, 0.4) is 0 Å². The molecule has 0 radical (unpaired) electrons. The number of hydrogen-bond donors (Lipinski definition) is 3. The number of rotatable bonds is 10. The second kappa shape index (κ2) is 13.6. The zero-order chi connectivity index (χ0) is 27.6. The van der Waals surface area contributed by atoms with Gasteiger partial charge in [0.25, 0.3) is 0 Å². The third-order valence-electron chi connectivity index (χ3n) is 7.25. The van der Waals surface area contributed by atoms with E-state index in [9.17, 15) is 10.4 Å². The number of benzene rings is 4. The Morgan fingerprint density at radius 2 is 1.32 bits per heavy atom. The standard InChI is InChI=1S/C34H34N2O4/c37-35-33(28-16-20-31(21-17-28)40-24-27-10-5-2-6-11-27)32-13-7-12-29(34(32)36-38)22-25-14-18-30(19-15-25)39-23-26-8-3-1-4-9-26/h1-6,8-11,14-22,32-33,35,37-38H,7,12-13,23-24H2/b29-22-,36-34+. The number of nitrogens with one attached hydrogen (secondary N) is 1. The van der Waals surface area contributed by atoms with E-state index in [0.717, 1.165) is 58.6 Å². The normalized spacial score (nSPS) is 18.0. The van der Waals surface area contributed by atoms with Crippen molar-refractivity contribution in [3.63, 3.8) is 0 Å². The van der Waals surface area contributed by atoms with Crippen LogP contribution in [0.15, 0.2) is 120 Å². The molecule has 0 saturated heterocycles. The number of nitrogens with zero attached hydrogens (tertiary/aromatic N) is 1. The molecule has 6 nitrogen and oxygen atoms in total. The maximum absolute atomic E-state index is 10.2. The Morgan fingerprint density at radius 3 is 1.85 bits per heavy atom. The summed E-state index contributed by atoms with van der Waals surface area (Å²) in [6.07, 6.45) is 4.56. The lowest BCUT2D eigenvalue weighted by Gasteiger charge is -2.32. The third-order valence-corrected chi connectivity index (χ3v) is 7.25. The van der Waals surface area contributed by atoms with Gasteiger partial charge in [0.1, 0.15) is 24.7 Å². The van der Waals surface area contributed by atoms with Crippen molar-refractivity contribution in [2.24, 2.45) is 11.1 Å². The maximum atomic E-state index is 10.2. The van der Waals surface area contributed by atoms with Crippen molar-refractivity contribution in [1.82, 2.24) is 5.48 Å². The van der Waals surface area contributed by atoms with Crippen LogP contribution in [0, 0.1) is 5.92 Å². The summed E-state index contributed by atoms with van der Waals surface area (Å²) in [4.78, 5) is 0. The Labute approximate surface area is 235 Å². The summed E-state index contributed by atoms with van der Waals surface area (Å²) in [5, 5.41) is 23.9. The lowest BCUT2D eigenvalue weighted by atomic mass is 9.77. The predicted octanol–water partition coefficient (Wildman–Crippen LogP) is 7.58. The molecule has 2 unspecified atom stereocenters. The zero-order valence-corrected chi connectivity index (χ0v) is 22.3. The number of allylic oxidation sites excluding steroid dienone is 1. The van der Waals surface area contributed by atoms with Crippen LogP contribution in [0.25, 0.3) is 6.08 Å². The molecule has 0 aliphatic heterocycles. The molecule has 0 heterocycles. The van der Waals surface area contributed by atoms with Crippen molar-refractivity contribution in [3.05, 3.63) is 137 Å². The molecule has 40 heavy (non-hydrogen) atoms. The highest BCUT2D eigenvalue weighted by Crippen LogP contribution is 2.36. The van der Waals surface area contributed by atoms with Gasteiger partial charge in [0.15, 0.2) is 0 Å². The van der Waals surface area contributed by atoms with Crippen LogP contribution in [0.1, 0.15) is 47.6 Å².